The summed E-state index contributed by atoms with van der Waals surface area (Å²) >= 11 is 6.04. The summed E-state index contributed by atoms with van der Waals surface area (Å²) in [4.78, 5) is 13.2. The highest BCUT2D eigenvalue weighted by atomic mass is 35.5. The largest absolute Gasteiger partial charge is 0.491 e. The Morgan fingerprint density at radius 2 is 2.11 bits per heavy atom. The number of halogens is 1. The maximum atomic E-state index is 6.04. The Morgan fingerprint density at radius 3 is 2.96 bits per heavy atom. The third-order valence-electron chi connectivity index (χ3n) is 4.80. The van der Waals surface area contributed by atoms with E-state index in [1.54, 1.807) is 12.4 Å². The molecule has 2 aromatic heterocycles. The number of hydrogen-bond donors (Lipinski definition) is 1. The number of aromatic nitrogens is 2. The van der Waals surface area contributed by atoms with Crippen molar-refractivity contribution in [2.75, 3.05) is 63.3 Å². The number of ether oxygens (including phenoxy) is 2. The number of anilines is 2. The smallest absolute Gasteiger partial charge is 0.139 e. The minimum absolute atomic E-state index is 0.488. The van der Waals surface area contributed by atoms with E-state index in [9.17, 15) is 0 Å². The van der Waals surface area contributed by atoms with Gasteiger partial charge in [-0.25, -0.2) is 4.98 Å². The molecule has 0 amide bonds. The first-order valence-electron chi connectivity index (χ1n) is 9.40. The lowest BCUT2D eigenvalue weighted by Crippen LogP contribution is -2.38. The molecule has 1 saturated heterocycles. The summed E-state index contributed by atoms with van der Waals surface area (Å²) in [6.07, 6.45) is 5.55. The van der Waals surface area contributed by atoms with Crippen molar-refractivity contribution in [3.05, 3.63) is 47.1 Å². The molecule has 1 fully saturated rings. The molecule has 0 radical (unpaired) electrons. The molecule has 8 heteroatoms. The van der Waals surface area contributed by atoms with Crippen molar-refractivity contribution < 1.29 is 9.47 Å². The lowest BCUT2D eigenvalue weighted by Gasteiger charge is -2.27. The molecule has 0 unspecified atom stereocenters. The summed E-state index contributed by atoms with van der Waals surface area (Å²) < 4.78 is 11.3. The number of nitrogens with zero attached hydrogens (tertiary/aromatic N) is 4. The van der Waals surface area contributed by atoms with E-state index in [2.05, 4.69) is 25.1 Å². The fourth-order valence-electron chi connectivity index (χ4n) is 3.37. The number of likely N-dealkylation sites (N-methyl/N-ethyl adjacent to an activating group) is 1. The van der Waals surface area contributed by atoms with Crippen LogP contribution < -0.4 is 15.0 Å². The molecule has 0 spiro atoms. The summed E-state index contributed by atoms with van der Waals surface area (Å²) in [6.45, 7) is 5.79. The lowest BCUT2D eigenvalue weighted by molar-refractivity contribution is 0.0322. The van der Waals surface area contributed by atoms with Crippen LogP contribution in [0.3, 0.4) is 0 Å². The third kappa shape index (κ3) is 4.73. The first kappa shape index (κ1) is 19.0. The van der Waals surface area contributed by atoms with Gasteiger partial charge in [-0.15, -0.1) is 0 Å². The molecule has 0 bridgehead atoms. The van der Waals surface area contributed by atoms with Crippen molar-refractivity contribution in [2.24, 2.45) is 0 Å². The van der Waals surface area contributed by atoms with Gasteiger partial charge in [0.15, 0.2) is 0 Å². The van der Waals surface area contributed by atoms with Gasteiger partial charge in [0.25, 0.3) is 0 Å². The highest BCUT2D eigenvalue weighted by Crippen LogP contribution is 2.28. The molecule has 2 aliphatic heterocycles. The van der Waals surface area contributed by atoms with E-state index in [4.69, 9.17) is 21.1 Å². The molecule has 0 atom stereocenters. The second kappa shape index (κ2) is 8.77. The van der Waals surface area contributed by atoms with Crippen LogP contribution in [0.15, 0.2) is 36.3 Å². The zero-order valence-corrected chi connectivity index (χ0v) is 16.7. The van der Waals surface area contributed by atoms with Crippen molar-refractivity contribution in [1.29, 1.82) is 0 Å². The second-order valence-corrected chi connectivity index (χ2v) is 7.29. The molecule has 4 heterocycles. The molecule has 28 heavy (non-hydrogen) atoms. The van der Waals surface area contributed by atoms with Crippen molar-refractivity contribution in [3.8, 4) is 5.75 Å². The van der Waals surface area contributed by atoms with E-state index >= 15 is 0 Å². The van der Waals surface area contributed by atoms with Crippen molar-refractivity contribution in [3.63, 3.8) is 0 Å². The highest BCUT2D eigenvalue weighted by Gasteiger charge is 2.17. The SMILES string of the molecule is CN1CC(Nc2cncc(OCCN3CCOCC3)c2)=Cc2nc(Cl)ccc21. The second-order valence-electron chi connectivity index (χ2n) is 6.90. The van der Waals surface area contributed by atoms with E-state index in [0.29, 0.717) is 11.8 Å². The molecule has 2 aromatic rings. The van der Waals surface area contributed by atoms with Crippen molar-refractivity contribution in [1.82, 2.24) is 14.9 Å². The van der Waals surface area contributed by atoms with Crippen LogP contribution in [0.1, 0.15) is 5.69 Å². The molecular formula is C20H24ClN5O2. The van der Waals surface area contributed by atoms with E-state index < -0.39 is 0 Å². The van der Waals surface area contributed by atoms with Crippen molar-refractivity contribution >= 4 is 29.1 Å². The molecule has 2 aliphatic rings. The average Bonchev–Trinajstić information content (AvgIpc) is 2.69. The monoisotopic (exact) mass is 401 g/mol. The zero-order valence-electron chi connectivity index (χ0n) is 15.9. The molecule has 4 rings (SSSR count). The topological polar surface area (TPSA) is 62.8 Å². The van der Waals surface area contributed by atoms with Gasteiger partial charge < -0.3 is 19.7 Å². The summed E-state index contributed by atoms with van der Waals surface area (Å²) in [5.41, 5.74) is 3.83. The maximum Gasteiger partial charge on any atom is 0.139 e. The number of nitrogens with one attached hydrogen (secondary N) is 1. The molecular weight excluding hydrogens is 378 g/mol. The van der Waals surface area contributed by atoms with Gasteiger partial charge in [-0.3, -0.25) is 9.88 Å². The standard InChI is InChI=1S/C20H24ClN5O2/c1-25-14-16(11-18-19(25)2-3-20(21)24-18)23-15-10-17(13-22-12-15)28-9-6-26-4-7-27-8-5-26/h2-3,10-13,23H,4-9,14H2,1H3. The van der Waals surface area contributed by atoms with Gasteiger partial charge >= 0.3 is 0 Å². The quantitative estimate of drug-likeness (QED) is 0.746. The minimum Gasteiger partial charge on any atom is -0.491 e. The molecule has 148 valence electrons. The Labute approximate surface area is 169 Å². The van der Waals surface area contributed by atoms with E-state index in [1.807, 2.05) is 31.3 Å². The van der Waals surface area contributed by atoms with Crippen LogP contribution in [-0.2, 0) is 4.74 Å². The Kier molecular flexibility index (Phi) is 5.95. The summed E-state index contributed by atoms with van der Waals surface area (Å²) in [6, 6.07) is 5.77. The highest BCUT2D eigenvalue weighted by molar-refractivity contribution is 6.29. The number of rotatable bonds is 6. The molecule has 0 aliphatic carbocycles. The van der Waals surface area contributed by atoms with Gasteiger partial charge in [0.05, 0.1) is 49.2 Å². The van der Waals surface area contributed by atoms with Crippen LogP contribution in [0.5, 0.6) is 5.75 Å². The van der Waals surface area contributed by atoms with Gasteiger partial charge in [-0.05, 0) is 18.2 Å². The normalized spacial score (nSPS) is 17.1. The molecule has 0 saturated carbocycles. The van der Waals surface area contributed by atoms with Gasteiger partial charge in [0.1, 0.15) is 17.5 Å². The summed E-state index contributed by atoms with van der Waals surface area (Å²) in [5.74, 6) is 0.754. The number of fused-ring (bicyclic) bond motifs is 1. The Morgan fingerprint density at radius 1 is 1.25 bits per heavy atom. The van der Waals surface area contributed by atoms with E-state index in [1.165, 1.54) is 0 Å². The van der Waals surface area contributed by atoms with Gasteiger partial charge in [-0.1, -0.05) is 11.6 Å². The predicted octanol–water partition coefficient (Wildman–Crippen LogP) is 2.74. The molecule has 7 nitrogen and oxygen atoms in total. The number of pyridine rings is 2. The Balaban J connectivity index is 1.38. The zero-order chi connectivity index (χ0) is 19.3. The van der Waals surface area contributed by atoms with Crippen LogP contribution in [0, 0.1) is 0 Å². The van der Waals surface area contributed by atoms with Crippen LogP contribution in [0.4, 0.5) is 11.4 Å². The van der Waals surface area contributed by atoms with Crippen LogP contribution >= 0.6 is 11.6 Å². The first-order valence-corrected chi connectivity index (χ1v) is 9.78. The molecule has 0 aromatic carbocycles. The van der Waals surface area contributed by atoms with Crippen LogP contribution in [0.25, 0.3) is 6.08 Å². The number of hydrogen-bond acceptors (Lipinski definition) is 7. The summed E-state index contributed by atoms with van der Waals surface area (Å²) in [5, 5.41) is 3.91. The fourth-order valence-corrected chi connectivity index (χ4v) is 3.52. The predicted molar refractivity (Wildman–Crippen MR) is 111 cm³/mol. The number of morpholine rings is 1. The van der Waals surface area contributed by atoms with Crippen LogP contribution in [0.2, 0.25) is 5.15 Å². The third-order valence-corrected chi connectivity index (χ3v) is 5.01. The maximum absolute atomic E-state index is 6.04. The van der Waals surface area contributed by atoms with Crippen LogP contribution in [-0.4, -0.2) is 67.9 Å². The lowest BCUT2D eigenvalue weighted by atomic mass is 10.1. The van der Waals surface area contributed by atoms with Crippen molar-refractivity contribution in [2.45, 2.75) is 0 Å². The first-order chi connectivity index (χ1) is 13.7. The average molecular weight is 402 g/mol. The van der Waals surface area contributed by atoms with Gasteiger partial charge in [0, 0.05) is 38.4 Å². The minimum atomic E-state index is 0.488. The Hall–Kier alpha value is -2.35. The van der Waals surface area contributed by atoms with Gasteiger partial charge in [-0.2, -0.15) is 0 Å². The Bertz CT molecular complexity index is 854. The van der Waals surface area contributed by atoms with Gasteiger partial charge in [0.2, 0.25) is 0 Å². The van der Waals surface area contributed by atoms with E-state index in [0.717, 1.165) is 67.9 Å². The fraction of sp³-hybridized carbons (Fsp3) is 0.400. The van der Waals surface area contributed by atoms with E-state index in [-0.39, 0.29) is 0 Å². The molecule has 1 N–H and O–H groups in total. The summed E-state index contributed by atoms with van der Waals surface area (Å²) in [7, 11) is 2.03.